The fraction of sp³-hybridized carbons (Fsp3) is 0.200. The van der Waals surface area contributed by atoms with Crippen molar-refractivity contribution in [2.24, 2.45) is 0 Å². The highest BCUT2D eigenvalue weighted by atomic mass is 79.9. The number of nitrogens with zero attached hydrogens (tertiary/aromatic N) is 1. The lowest BCUT2D eigenvalue weighted by atomic mass is 9.71. The summed E-state index contributed by atoms with van der Waals surface area (Å²) in [7, 11) is 0. The largest absolute Gasteiger partial charge is 0.322 e. The third-order valence-corrected chi connectivity index (χ3v) is 6.69. The van der Waals surface area contributed by atoms with E-state index in [9.17, 15) is 22.8 Å². The fourth-order valence-electron chi connectivity index (χ4n) is 4.53. The predicted octanol–water partition coefficient (Wildman–Crippen LogP) is 5.86. The number of anilines is 2. The Hall–Kier alpha value is -3.13. The number of benzene rings is 3. The molecule has 0 aromatic heterocycles. The van der Waals surface area contributed by atoms with Gasteiger partial charge in [-0.05, 0) is 60.9 Å². The number of hydrogen-bond acceptors (Lipinski definition) is 2. The van der Waals surface area contributed by atoms with E-state index in [1.54, 1.807) is 38.1 Å². The van der Waals surface area contributed by atoms with Gasteiger partial charge in [0.2, 0.25) is 11.8 Å². The average Bonchev–Trinajstić information content (AvgIpc) is 3.02. The molecular formula is C25H20BrF3N2O2. The number of aryl methyl sites for hydroxylation is 1. The zero-order valence-corrected chi connectivity index (χ0v) is 19.5. The number of amides is 2. The molecule has 1 heterocycles. The quantitative estimate of drug-likeness (QED) is 0.462. The summed E-state index contributed by atoms with van der Waals surface area (Å²) in [5.74, 6) is -3.68. The monoisotopic (exact) mass is 516 g/mol. The van der Waals surface area contributed by atoms with E-state index < -0.39 is 34.7 Å². The van der Waals surface area contributed by atoms with E-state index in [1.807, 2.05) is 0 Å². The van der Waals surface area contributed by atoms with Crippen molar-refractivity contribution in [2.45, 2.75) is 25.7 Å². The Balaban J connectivity index is 1.81. The van der Waals surface area contributed by atoms with Crippen LogP contribution in [-0.2, 0) is 15.0 Å². The Bertz CT molecular complexity index is 1280. The van der Waals surface area contributed by atoms with Crippen molar-refractivity contribution < 1.29 is 22.8 Å². The minimum absolute atomic E-state index is 0.00168. The normalized spacial score (nSPS) is 17.3. The smallest absolute Gasteiger partial charge is 0.244 e. The van der Waals surface area contributed by atoms with E-state index in [0.717, 1.165) is 12.1 Å². The molecule has 3 aromatic rings. The Kier molecular flexibility index (Phi) is 6.05. The van der Waals surface area contributed by atoms with Crippen molar-refractivity contribution in [3.63, 3.8) is 0 Å². The van der Waals surface area contributed by atoms with Crippen molar-refractivity contribution in [1.29, 1.82) is 0 Å². The summed E-state index contributed by atoms with van der Waals surface area (Å²) in [6, 6.07) is 13.0. The standard InChI is InChI=1S/C25H20BrF3N2O2/c1-3-25(15-12-19(29)18(28)11-14(15)2)23-16(26)7-6-10-21(23)31(24(25)33)13-22(32)30-20-9-5-4-8-17(20)27/h4-12H,3,13H2,1-2H3,(H,30,32). The number of carbonyl (C=O) groups excluding carboxylic acids is 2. The first-order chi connectivity index (χ1) is 15.7. The minimum Gasteiger partial charge on any atom is -0.322 e. The molecule has 33 heavy (non-hydrogen) atoms. The topological polar surface area (TPSA) is 49.4 Å². The summed E-state index contributed by atoms with van der Waals surface area (Å²) in [5, 5.41) is 2.49. The van der Waals surface area contributed by atoms with Crippen LogP contribution in [0.2, 0.25) is 0 Å². The molecule has 170 valence electrons. The predicted molar refractivity (Wildman–Crippen MR) is 124 cm³/mol. The van der Waals surface area contributed by atoms with Gasteiger partial charge in [0.1, 0.15) is 17.8 Å². The zero-order chi connectivity index (χ0) is 23.9. The van der Waals surface area contributed by atoms with Crippen LogP contribution in [0.4, 0.5) is 24.5 Å². The molecule has 0 saturated carbocycles. The van der Waals surface area contributed by atoms with Crippen LogP contribution in [0.3, 0.4) is 0 Å². The molecule has 3 aromatic carbocycles. The molecule has 1 atom stereocenters. The van der Waals surface area contributed by atoms with Gasteiger partial charge in [-0.25, -0.2) is 13.2 Å². The molecule has 1 unspecified atom stereocenters. The van der Waals surface area contributed by atoms with Crippen molar-refractivity contribution in [3.8, 4) is 0 Å². The maximum atomic E-state index is 14.3. The number of nitrogens with one attached hydrogen (secondary N) is 1. The van der Waals surface area contributed by atoms with Gasteiger partial charge in [0.15, 0.2) is 11.6 Å². The third kappa shape index (κ3) is 3.72. The molecule has 0 radical (unpaired) electrons. The molecule has 4 rings (SSSR count). The van der Waals surface area contributed by atoms with Crippen molar-refractivity contribution in [1.82, 2.24) is 0 Å². The van der Waals surface area contributed by atoms with E-state index in [4.69, 9.17) is 0 Å². The van der Waals surface area contributed by atoms with Gasteiger partial charge in [0.25, 0.3) is 0 Å². The van der Waals surface area contributed by atoms with Crippen LogP contribution < -0.4 is 10.2 Å². The molecule has 0 spiro atoms. The SMILES string of the molecule is CCC1(c2cc(F)c(F)cc2C)C(=O)N(CC(=O)Nc2ccccc2F)c2cccc(Br)c21. The second-order valence-corrected chi connectivity index (χ2v) is 8.75. The van der Waals surface area contributed by atoms with Crippen LogP contribution >= 0.6 is 15.9 Å². The van der Waals surface area contributed by atoms with Gasteiger partial charge in [-0.2, -0.15) is 0 Å². The van der Waals surface area contributed by atoms with Gasteiger partial charge in [0, 0.05) is 10.0 Å². The second kappa shape index (κ2) is 8.67. The lowest BCUT2D eigenvalue weighted by Crippen LogP contribution is -2.44. The van der Waals surface area contributed by atoms with Crippen molar-refractivity contribution >= 4 is 39.1 Å². The van der Waals surface area contributed by atoms with E-state index in [2.05, 4.69) is 21.2 Å². The molecule has 1 aliphatic heterocycles. The lowest BCUT2D eigenvalue weighted by Gasteiger charge is -2.30. The molecule has 1 aliphatic rings. The van der Waals surface area contributed by atoms with Crippen LogP contribution in [-0.4, -0.2) is 18.4 Å². The van der Waals surface area contributed by atoms with Crippen LogP contribution in [0.25, 0.3) is 0 Å². The van der Waals surface area contributed by atoms with E-state index in [-0.39, 0.29) is 18.7 Å². The van der Waals surface area contributed by atoms with E-state index in [0.29, 0.717) is 26.9 Å². The van der Waals surface area contributed by atoms with Crippen LogP contribution in [0.1, 0.15) is 30.0 Å². The molecule has 0 fully saturated rings. The summed E-state index contributed by atoms with van der Waals surface area (Å²) in [6.45, 7) is 3.03. The van der Waals surface area contributed by atoms with Gasteiger partial charge in [0.05, 0.1) is 11.4 Å². The zero-order valence-electron chi connectivity index (χ0n) is 17.9. The second-order valence-electron chi connectivity index (χ2n) is 7.89. The van der Waals surface area contributed by atoms with Gasteiger partial charge < -0.3 is 10.2 Å². The van der Waals surface area contributed by atoms with E-state index >= 15 is 0 Å². The Morgan fingerprint density at radius 3 is 2.42 bits per heavy atom. The highest BCUT2D eigenvalue weighted by Crippen LogP contribution is 2.52. The summed E-state index contributed by atoms with van der Waals surface area (Å²) in [5.41, 5.74) is 0.477. The molecular weight excluding hydrogens is 497 g/mol. The number of para-hydroxylation sites is 1. The summed E-state index contributed by atoms with van der Waals surface area (Å²) in [6.07, 6.45) is 0.249. The van der Waals surface area contributed by atoms with Crippen LogP contribution in [0.15, 0.2) is 59.1 Å². The van der Waals surface area contributed by atoms with Gasteiger partial charge >= 0.3 is 0 Å². The molecule has 0 aliphatic carbocycles. The summed E-state index contributed by atoms with van der Waals surface area (Å²) < 4.78 is 42.8. The highest BCUT2D eigenvalue weighted by Gasteiger charge is 2.53. The van der Waals surface area contributed by atoms with Crippen LogP contribution in [0.5, 0.6) is 0 Å². The molecule has 1 N–H and O–H groups in total. The highest BCUT2D eigenvalue weighted by molar-refractivity contribution is 9.10. The number of fused-ring (bicyclic) bond motifs is 1. The first-order valence-corrected chi connectivity index (χ1v) is 11.1. The van der Waals surface area contributed by atoms with Gasteiger partial charge in [-0.15, -0.1) is 0 Å². The first-order valence-electron chi connectivity index (χ1n) is 10.3. The number of rotatable bonds is 5. The maximum Gasteiger partial charge on any atom is 0.244 e. The van der Waals surface area contributed by atoms with Crippen molar-refractivity contribution in [2.75, 3.05) is 16.8 Å². The number of halogens is 4. The number of hydrogen-bond donors (Lipinski definition) is 1. The third-order valence-electron chi connectivity index (χ3n) is 6.03. The number of carbonyl (C=O) groups is 2. The fourth-order valence-corrected chi connectivity index (χ4v) is 5.23. The lowest BCUT2D eigenvalue weighted by molar-refractivity contribution is -0.124. The van der Waals surface area contributed by atoms with Crippen LogP contribution in [0, 0.1) is 24.4 Å². The maximum absolute atomic E-state index is 14.3. The molecule has 8 heteroatoms. The minimum atomic E-state index is -1.33. The Morgan fingerprint density at radius 1 is 1.03 bits per heavy atom. The van der Waals surface area contributed by atoms with Crippen molar-refractivity contribution in [3.05, 3.63) is 93.2 Å². The Labute approximate surface area is 197 Å². The average molecular weight is 517 g/mol. The molecule has 4 nitrogen and oxygen atoms in total. The van der Waals surface area contributed by atoms with Gasteiger partial charge in [-0.1, -0.05) is 41.1 Å². The molecule has 2 amide bonds. The van der Waals surface area contributed by atoms with E-state index in [1.165, 1.54) is 23.1 Å². The summed E-state index contributed by atoms with van der Waals surface area (Å²) in [4.78, 5) is 28.0. The molecule has 0 saturated heterocycles. The van der Waals surface area contributed by atoms with Gasteiger partial charge in [-0.3, -0.25) is 9.59 Å². The summed E-state index contributed by atoms with van der Waals surface area (Å²) >= 11 is 3.51. The first kappa shape index (κ1) is 23.0. The Morgan fingerprint density at radius 2 is 1.73 bits per heavy atom. The molecule has 0 bridgehead atoms.